The van der Waals surface area contributed by atoms with Gasteiger partial charge < -0.3 is 23.1 Å². The second-order valence-electron chi connectivity index (χ2n) is 17.0. The number of hydrogen-bond donors (Lipinski definition) is 0. The van der Waals surface area contributed by atoms with Crippen LogP contribution in [0, 0.1) is 5.92 Å². The molecule has 9 heteroatoms. The maximum Gasteiger partial charge on any atom is 0.331 e. The fourth-order valence-corrected chi connectivity index (χ4v) is 13.5. The molecule has 0 aliphatic carbocycles. The van der Waals surface area contributed by atoms with Crippen LogP contribution in [0.2, 0.25) is 23.2 Å². The number of ether oxygens (including phenoxy) is 3. The summed E-state index contributed by atoms with van der Waals surface area (Å²) in [6.07, 6.45) is 10.8. The summed E-state index contributed by atoms with van der Waals surface area (Å²) in [5, 5.41) is 2.34. The maximum atomic E-state index is 12.4. The van der Waals surface area contributed by atoms with E-state index in [1.165, 1.54) is 16.4 Å². The number of hydrogen-bond acceptors (Lipinski definition) is 6. The standard InChI is InChI=1S/C42H61IO6Si2/c1-12-32-23-24-38(44)46-36(32)25-27-42(37(47-41(8,9)49-42)31-33(26-29-43)48-50(10,11)39(2,3)4)28-30-45-51(40(5,6)7,34-19-15-13-16-20-34)35-21-17-14-18-22-35/h13-27,29,32-33,36-37H,12,28,30-31H2,1-11H3/b27-25+,29-26-/t32-,33-,36-,37+,42-/m0/s1. The number of carbonyl (C=O) groups excluding carboxylic acids is 1. The number of carbonyl (C=O) groups is 1. The van der Waals surface area contributed by atoms with Crippen molar-refractivity contribution in [1.29, 1.82) is 0 Å². The van der Waals surface area contributed by atoms with Crippen LogP contribution in [0.15, 0.2) is 95.1 Å². The normalized spacial score (nSPS) is 25.1. The van der Waals surface area contributed by atoms with Gasteiger partial charge in [-0.1, -0.05) is 150 Å². The van der Waals surface area contributed by atoms with Crippen LogP contribution in [0.5, 0.6) is 0 Å². The van der Waals surface area contributed by atoms with E-state index in [2.05, 4.69) is 157 Å². The van der Waals surface area contributed by atoms with Crippen molar-refractivity contribution in [3.05, 3.63) is 95.1 Å². The molecule has 0 radical (unpaired) electrons. The first kappa shape index (κ1) is 41.9. The van der Waals surface area contributed by atoms with Gasteiger partial charge in [0.05, 0.1) is 12.2 Å². The molecule has 0 spiro atoms. The van der Waals surface area contributed by atoms with Crippen LogP contribution in [0.1, 0.15) is 81.6 Å². The molecular formula is C42H61IO6Si2. The highest BCUT2D eigenvalue weighted by Gasteiger charge is 2.55. The van der Waals surface area contributed by atoms with Gasteiger partial charge in [-0.3, -0.25) is 0 Å². The second-order valence-corrected chi connectivity index (χ2v) is 26.8. The van der Waals surface area contributed by atoms with E-state index in [1.54, 1.807) is 0 Å². The van der Waals surface area contributed by atoms with Crippen molar-refractivity contribution in [2.45, 2.75) is 134 Å². The molecule has 280 valence electrons. The Morgan fingerprint density at radius 3 is 2.04 bits per heavy atom. The van der Waals surface area contributed by atoms with E-state index in [1.807, 2.05) is 30.1 Å². The van der Waals surface area contributed by atoms with Crippen molar-refractivity contribution in [1.82, 2.24) is 0 Å². The van der Waals surface area contributed by atoms with Crippen LogP contribution in [-0.4, -0.2) is 58.9 Å². The van der Waals surface area contributed by atoms with Crippen LogP contribution in [-0.2, 0) is 27.9 Å². The number of benzene rings is 2. The monoisotopic (exact) mass is 844 g/mol. The molecule has 2 aromatic rings. The fourth-order valence-electron chi connectivity index (χ4n) is 7.19. The summed E-state index contributed by atoms with van der Waals surface area (Å²) < 4.78 is 36.2. The molecule has 1 fully saturated rings. The van der Waals surface area contributed by atoms with E-state index in [0.717, 1.165) is 6.42 Å². The predicted molar refractivity (Wildman–Crippen MR) is 223 cm³/mol. The van der Waals surface area contributed by atoms with E-state index in [4.69, 9.17) is 23.1 Å². The molecule has 0 unspecified atom stereocenters. The lowest BCUT2D eigenvalue weighted by Crippen LogP contribution is -2.66. The van der Waals surface area contributed by atoms with Crippen LogP contribution in [0.4, 0.5) is 0 Å². The largest absolute Gasteiger partial charge is 0.454 e. The lowest BCUT2D eigenvalue weighted by Gasteiger charge is -2.44. The third-order valence-corrected chi connectivity index (χ3v) is 20.8. The van der Waals surface area contributed by atoms with Crippen molar-refractivity contribution < 1.29 is 27.9 Å². The van der Waals surface area contributed by atoms with Gasteiger partial charge in [-0.2, -0.15) is 0 Å². The zero-order valence-corrected chi connectivity index (χ0v) is 36.9. The molecule has 5 atom stereocenters. The van der Waals surface area contributed by atoms with Crippen LogP contribution >= 0.6 is 22.6 Å². The summed E-state index contributed by atoms with van der Waals surface area (Å²) >= 11 is 2.28. The van der Waals surface area contributed by atoms with E-state index >= 15 is 0 Å². The average Bonchev–Trinajstić information content (AvgIpc) is 3.30. The molecule has 2 heterocycles. The molecule has 0 N–H and O–H groups in total. The topological polar surface area (TPSA) is 63.2 Å². The third-order valence-electron chi connectivity index (χ3n) is 10.8. The van der Waals surface area contributed by atoms with Crippen LogP contribution in [0.25, 0.3) is 0 Å². The summed E-state index contributed by atoms with van der Waals surface area (Å²) in [5.74, 6) is -1.11. The van der Waals surface area contributed by atoms with E-state index < -0.39 is 34.1 Å². The molecule has 0 bridgehead atoms. The molecule has 6 nitrogen and oxygen atoms in total. The van der Waals surface area contributed by atoms with Gasteiger partial charge in [0, 0.05) is 31.4 Å². The van der Waals surface area contributed by atoms with Gasteiger partial charge in [0.1, 0.15) is 11.7 Å². The smallest absolute Gasteiger partial charge is 0.331 e. The molecule has 2 aromatic carbocycles. The van der Waals surface area contributed by atoms with Gasteiger partial charge in [-0.05, 0) is 64.0 Å². The zero-order valence-electron chi connectivity index (χ0n) is 32.7. The summed E-state index contributed by atoms with van der Waals surface area (Å²) in [4.78, 5) is 12.4. The van der Waals surface area contributed by atoms with Crippen molar-refractivity contribution in [3.63, 3.8) is 0 Å². The van der Waals surface area contributed by atoms with Gasteiger partial charge in [0.25, 0.3) is 8.32 Å². The minimum absolute atomic E-state index is 0.0465. The summed E-state index contributed by atoms with van der Waals surface area (Å²) in [6, 6.07) is 21.4. The fraction of sp³-hybridized carbons (Fsp3) is 0.548. The molecule has 1 saturated heterocycles. The molecular weight excluding hydrogens is 784 g/mol. The van der Waals surface area contributed by atoms with Crippen LogP contribution in [0.3, 0.4) is 0 Å². The Bertz CT molecular complexity index is 1490. The Labute approximate surface area is 323 Å². The number of rotatable bonds is 14. The second kappa shape index (κ2) is 16.7. The molecule has 0 amide bonds. The van der Waals surface area contributed by atoms with Gasteiger partial charge >= 0.3 is 5.97 Å². The van der Waals surface area contributed by atoms with Crippen molar-refractivity contribution >= 4 is 55.6 Å². The first-order valence-electron chi connectivity index (χ1n) is 18.4. The Hall–Kier alpha value is -1.87. The first-order chi connectivity index (χ1) is 23.8. The molecule has 2 aliphatic heterocycles. The van der Waals surface area contributed by atoms with E-state index in [-0.39, 0.29) is 34.2 Å². The molecule has 2 aliphatic rings. The third kappa shape index (κ3) is 9.82. The minimum Gasteiger partial charge on any atom is -0.454 e. The van der Waals surface area contributed by atoms with Crippen molar-refractivity contribution in [3.8, 4) is 0 Å². The Morgan fingerprint density at radius 1 is 0.941 bits per heavy atom. The predicted octanol–water partition coefficient (Wildman–Crippen LogP) is 9.64. The zero-order chi connectivity index (χ0) is 37.7. The number of halogens is 1. The summed E-state index contributed by atoms with van der Waals surface area (Å²) in [7, 11) is -4.95. The van der Waals surface area contributed by atoms with Crippen LogP contribution < -0.4 is 10.4 Å². The SMILES string of the molecule is CC[C@H]1C=CC(=O)O[C@H]1/C=C/[C@@]1(CCO[Si](c2ccccc2)(c2ccccc2)C(C)(C)C)OC(C)(C)O[C@@H]1C[C@H](/C=C\I)O[Si](C)(C)C(C)(C)C. The van der Waals surface area contributed by atoms with Gasteiger partial charge in [0.2, 0.25) is 0 Å². The first-order valence-corrected chi connectivity index (χ1v) is 24.5. The molecule has 4 rings (SSSR count). The molecule has 0 aromatic heterocycles. The Balaban J connectivity index is 1.79. The summed E-state index contributed by atoms with van der Waals surface area (Å²) in [6.45, 7) is 24.8. The Morgan fingerprint density at radius 2 is 1.53 bits per heavy atom. The highest BCUT2D eigenvalue weighted by Crippen LogP contribution is 2.45. The lowest BCUT2D eigenvalue weighted by atomic mass is 9.87. The van der Waals surface area contributed by atoms with Gasteiger partial charge in [0.15, 0.2) is 14.1 Å². The van der Waals surface area contributed by atoms with Crippen molar-refractivity contribution in [2.24, 2.45) is 5.92 Å². The lowest BCUT2D eigenvalue weighted by molar-refractivity contribution is -0.158. The minimum atomic E-state index is -2.82. The Kier molecular flexibility index (Phi) is 13.7. The molecule has 51 heavy (non-hydrogen) atoms. The average molecular weight is 845 g/mol. The highest BCUT2D eigenvalue weighted by atomic mass is 127. The number of esters is 1. The quantitative estimate of drug-likeness (QED) is 0.0818. The van der Waals surface area contributed by atoms with Gasteiger partial charge in [-0.15, -0.1) is 0 Å². The molecule has 0 saturated carbocycles. The van der Waals surface area contributed by atoms with Gasteiger partial charge in [-0.25, -0.2) is 4.79 Å². The summed E-state index contributed by atoms with van der Waals surface area (Å²) in [5.41, 5.74) is -0.880. The number of cyclic esters (lactones) is 1. The van der Waals surface area contributed by atoms with E-state index in [0.29, 0.717) is 19.4 Å². The van der Waals surface area contributed by atoms with Crippen molar-refractivity contribution in [2.75, 3.05) is 6.61 Å². The van der Waals surface area contributed by atoms with E-state index in [9.17, 15) is 4.79 Å². The maximum absolute atomic E-state index is 12.4. The highest BCUT2D eigenvalue weighted by molar-refractivity contribution is 14.1.